The molecule has 0 fully saturated rings. The molecule has 9 nitrogen and oxygen atoms in total. The van der Waals surface area contributed by atoms with E-state index in [1.54, 1.807) is 12.1 Å². The van der Waals surface area contributed by atoms with E-state index in [-0.39, 0.29) is 17.6 Å². The van der Waals surface area contributed by atoms with Gasteiger partial charge in [0.15, 0.2) is 0 Å². The zero-order valence-electron chi connectivity index (χ0n) is 18.2. The Morgan fingerprint density at radius 3 is 1.55 bits per heavy atom. The predicted octanol–water partition coefficient (Wildman–Crippen LogP) is 3.79. The molecule has 0 atom stereocenters. The van der Waals surface area contributed by atoms with Crippen LogP contribution < -0.4 is 11.1 Å². The van der Waals surface area contributed by atoms with Crippen molar-refractivity contribution in [2.75, 3.05) is 11.1 Å². The first-order chi connectivity index (χ1) is 15.8. The lowest BCUT2D eigenvalue weighted by atomic mass is 10.2. The number of carbonyl (C=O) groups excluding carboxylic acids is 1. The van der Waals surface area contributed by atoms with Crippen molar-refractivity contribution in [1.82, 2.24) is 19.9 Å². The van der Waals surface area contributed by atoms with Crippen LogP contribution in [0, 0.1) is 13.8 Å². The van der Waals surface area contributed by atoms with E-state index in [1.165, 1.54) is 30.4 Å². The molecule has 4 rings (SSSR count). The van der Waals surface area contributed by atoms with Gasteiger partial charge in [-0.1, -0.05) is 35.4 Å². The normalized spacial score (nSPS) is 9.39. The molecule has 0 saturated carbocycles. The fraction of sp³-hybridized carbons (Fsp3) is 0.0833. The molecule has 1 amide bonds. The summed E-state index contributed by atoms with van der Waals surface area (Å²) < 4.78 is 0. The summed E-state index contributed by atoms with van der Waals surface area (Å²) in [5.74, 6) is -1.40. The second-order valence-corrected chi connectivity index (χ2v) is 6.68. The molecule has 0 radical (unpaired) electrons. The van der Waals surface area contributed by atoms with E-state index in [2.05, 4.69) is 25.3 Å². The first-order valence-electron chi connectivity index (χ1n) is 9.82. The van der Waals surface area contributed by atoms with Gasteiger partial charge in [0.25, 0.3) is 5.91 Å². The van der Waals surface area contributed by atoms with Crippen LogP contribution in [0.4, 0.5) is 11.4 Å². The van der Waals surface area contributed by atoms with Crippen molar-refractivity contribution in [2.45, 2.75) is 13.8 Å². The SMILES string of the molecule is Cc1ccc(N)cc1.Cc1ccc(NC(=O)c2ncccn2)cc1.O=C(O)c1ncccn1. The number of aromatic carboxylic acids is 1. The van der Waals surface area contributed by atoms with Crippen molar-refractivity contribution < 1.29 is 14.7 Å². The lowest BCUT2D eigenvalue weighted by Crippen LogP contribution is -2.15. The van der Waals surface area contributed by atoms with E-state index in [1.807, 2.05) is 62.4 Å². The molecule has 0 aliphatic rings. The summed E-state index contributed by atoms with van der Waals surface area (Å²) in [6, 6.07) is 18.6. The Hall–Kier alpha value is -4.66. The van der Waals surface area contributed by atoms with Crippen molar-refractivity contribution in [2.24, 2.45) is 0 Å². The van der Waals surface area contributed by atoms with Gasteiger partial charge in [-0.2, -0.15) is 0 Å². The highest BCUT2D eigenvalue weighted by Gasteiger charge is 2.07. The van der Waals surface area contributed by atoms with Crippen LogP contribution in [-0.4, -0.2) is 36.9 Å². The Morgan fingerprint density at radius 1 is 0.727 bits per heavy atom. The van der Waals surface area contributed by atoms with Gasteiger partial charge in [-0.25, -0.2) is 24.7 Å². The van der Waals surface area contributed by atoms with Gasteiger partial charge in [0.2, 0.25) is 11.6 Å². The quantitative estimate of drug-likeness (QED) is 0.405. The molecule has 4 aromatic rings. The molecular formula is C24H24N6O3. The Balaban J connectivity index is 0.000000192. The number of amides is 1. The average Bonchev–Trinajstić information content (AvgIpc) is 2.84. The van der Waals surface area contributed by atoms with Gasteiger partial charge in [0, 0.05) is 36.2 Å². The third-order valence-electron chi connectivity index (χ3n) is 3.91. The van der Waals surface area contributed by atoms with Gasteiger partial charge < -0.3 is 16.2 Å². The Morgan fingerprint density at radius 2 is 1.15 bits per heavy atom. The largest absolute Gasteiger partial charge is 0.475 e. The second-order valence-electron chi connectivity index (χ2n) is 6.68. The van der Waals surface area contributed by atoms with Crippen molar-refractivity contribution in [1.29, 1.82) is 0 Å². The maximum atomic E-state index is 11.7. The van der Waals surface area contributed by atoms with Gasteiger partial charge >= 0.3 is 5.97 Å². The van der Waals surface area contributed by atoms with E-state index >= 15 is 0 Å². The number of rotatable bonds is 3. The van der Waals surface area contributed by atoms with Gasteiger partial charge in [0.1, 0.15) is 0 Å². The van der Waals surface area contributed by atoms with Crippen molar-refractivity contribution in [3.8, 4) is 0 Å². The van der Waals surface area contributed by atoms with Crippen LogP contribution in [0.2, 0.25) is 0 Å². The number of benzene rings is 2. The first-order valence-corrected chi connectivity index (χ1v) is 9.82. The van der Waals surface area contributed by atoms with Crippen LogP contribution in [0.5, 0.6) is 0 Å². The van der Waals surface area contributed by atoms with E-state index in [9.17, 15) is 9.59 Å². The lowest BCUT2D eigenvalue weighted by molar-refractivity contribution is 0.0683. The molecule has 4 N–H and O–H groups in total. The number of carbonyl (C=O) groups is 2. The topological polar surface area (TPSA) is 144 Å². The standard InChI is InChI=1S/C12H11N3O.C7H9N.C5H4N2O2/c1-9-3-5-10(6-4-9)15-12(16)11-13-7-2-8-14-11;1-6-2-4-7(8)5-3-6;8-5(9)4-6-2-1-3-7-4/h2-8H,1H3,(H,15,16);2-5H,8H2,1H3;1-3H,(H,8,9). The van der Waals surface area contributed by atoms with Crippen LogP contribution in [0.25, 0.3) is 0 Å². The minimum absolute atomic E-state index is 0.169. The van der Waals surface area contributed by atoms with Crippen LogP contribution in [0.15, 0.2) is 85.5 Å². The number of carboxylic acids is 1. The highest BCUT2D eigenvalue weighted by molar-refractivity contribution is 6.01. The molecule has 0 aliphatic carbocycles. The number of nitrogens with zero attached hydrogens (tertiary/aromatic N) is 4. The Bertz CT molecular complexity index is 1120. The summed E-state index contributed by atoms with van der Waals surface area (Å²) in [6.07, 6.45) is 5.85. The van der Waals surface area contributed by atoms with E-state index in [4.69, 9.17) is 10.8 Å². The molecule has 0 unspecified atom stereocenters. The van der Waals surface area contributed by atoms with Crippen LogP contribution in [0.1, 0.15) is 32.4 Å². The maximum absolute atomic E-state index is 11.7. The summed E-state index contributed by atoms with van der Waals surface area (Å²) in [5.41, 5.74) is 9.39. The fourth-order valence-electron chi connectivity index (χ4n) is 2.22. The second kappa shape index (κ2) is 12.9. The van der Waals surface area contributed by atoms with Crippen molar-refractivity contribution in [3.05, 3.63) is 108 Å². The monoisotopic (exact) mass is 444 g/mol. The molecule has 2 heterocycles. The van der Waals surface area contributed by atoms with Crippen molar-refractivity contribution >= 4 is 23.3 Å². The highest BCUT2D eigenvalue weighted by atomic mass is 16.4. The van der Waals surface area contributed by atoms with Crippen molar-refractivity contribution in [3.63, 3.8) is 0 Å². The number of hydrogen-bond donors (Lipinski definition) is 3. The average molecular weight is 444 g/mol. The molecule has 168 valence electrons. The van der Waals surface area contributed by atoms with Crippen LogP contribution in [0.3, 0.4) is 0 Å². The summed E-state index contributed by atoms with van der Waals surface area (Å²) in [5, 5.41) is 11.0. The van der Waals surface area contributed by atoms with Gasteiger partial charge in [-0.15, -0.1) is 0 Å². The third kappa shape index (κ3) is 9.35. The number of aryl methyl sites for hydroxylation is 2. The molecule has 2 aromatic carbocycles. The molecule has 0 saturated heterocycles. The molecule has 0 spiro atoms. The zero-order chi connectivity index (χ0) is 24.1. The number of nitrogens with one attached hydrogen (secondary N) is 1. The minimum atomic E-state index is -1.10. The molecule has 2 aromatic heterocycles. The minimum Gasteiger partial charge on any atom is -0.475 e. The predicted molar refractivity (Wildman–Crippen MR) is 126 cm³/mol. The summed E-state index contributed by atoms with van der Waals surface area (Å²) in [4.78, 5) is 36.4. The van der Waals surface area contributed by atoms with E-state index < -0.39 is 5.97 Å². The van der Waals surface area contributed by atoms with Gasteiger partial charge in [-0.3, -0.25) is 4.79 Å². The highest BCUT2D eigenvalue weighted by Crippen LogP contribution is 2.09. The number of carboxylic acid groups (broad SMARTS) is 1. The van der Waals surface area contributed by atoms with Gasteiger partial charge in [-0.05, 0) is 50.2 Å². The number of aromatic nitrogens is 4. The lowest BCUT2D eigenvalue weighted by Gasteiger charge is -2.03. The number of anilines is 2. The van der Waals surface area contributed by atoms with E-state index in [0.29, 0.717) is 0 Å². The first kappa shape index (κ1) is 24.6. The molecular weight excluding hydrogens is 420 g/mol. The summed E-state index contributed by atoms with van der Waals surface area (Å²) in [7, 11) is 0. The number of nitrogens with two attached hydrogens (primary N) is 1. The molecule has 0 bridgehead atoms. The molecule has 0 aliphatic heterocycles. The molecule has 33 heavy (non-hydrogen) atoms. The summed E-state index contributed by atoms with van der Waals surface area (Å²) in [6.45, 7) is 4.03. The fourth-order valence-corrected chi connectivity index (χ4v) is 2.22. The van der Waals surface area contributed by atoms with E-state index in [0.717, 1.165) is 16.9 Å². The third-order valence-corrected chi connectivity index (χ3v) is 3.91. The van der Waals surface area contributed by atoms with Crippen LogP contribution in [-0.2, 0) is 0 Å². The maximum Gasteiger partial charge on any atom is 0.373 e. The summed E-state index contributed by atoms with van der Waals surface area (Å²) >= 11 is 0. The number of hydrogen-bond acceptors (Lipinski definition) is 7. The van der Waals surface area contributed by atoms with Crippen LogP contribution >= 0.6 is 0 Å². The zero-order valence-corrected chi connectivity index (χ0v) is 18.2. The molecule has 9 heteroatoms. The number of nitrogen functional groups attached to an aromatic ring is 1. The van der Waals surface area contributed by atoms with Gasteiger partial charge in [0.05, 0.1) is 0 Å². The Kier molecular flexibility index (Phi) is 9.62. The Labute approximate surface area is 191 Å². The smallest absolute Gasteiger partial charge is 0.373 e.